The highest BCUT2D eigenvalue weighted by Gasteiger charge is 2.55. The molecule has 0 aliphatic heterocycles. The molecule has 2 atom stereocenters. The predicted molar refractivity (Wildman–Crippen MR) is 80.7 cm³/mol. The monoisotopic (exact) mass is 282 g/mol. The maximum Gasteiger partial charge on any atom is 0.236 e. The van der Waals surface area contributed by atoms with Crippen LogP contribution in [0.25, 0.3) is 0 Å². The summed E-state index contributed by atoms with van der Waals surface area (Å²) >= 11 is 0. The number of amides is 1. The number of hydrogen-bond donors (Lipinski definition) is 1. The molecule has 0 bridgehead atoms. The van der Waals surface area contributed by atoms with Gasteiger partial charge in [-0.1, -0.05) is 19.3 Å². The summed E-state index contributed by atoms with van der Waals surface area (Å²) in [7, 11) is 1.87. The third-order valence-corrected chi connectivity index (χ3v) is 5.34. The Morgan fingerprint density at radius 3 is 2.60 bits per heavy atom. The first-order chi connectivity index (χ1) is 9.64. The van der Waals surface area contributed by atoms with Crippen molar-refractivity contribution in [2.75, 3.05) is 26.7 Å². The molecule has 0 aromatic heterocycles. The highest BCUT2D eigenvalue weighted by Crippen LogP contribution is 2.53. The van der Waals surface area contributed by atoms with Crippen LogP contribution >= 0.6 is 0 Å². The van der Waals surface area contributed by atoms with Crippen molar-refractivity contribution < 1.29 is 9.53 Å². The molecule has 0 heterocycles. The van der Waals surface area contributed by atoms with E-state index in [1.54, 1.807) is 4.90 Å². The van der Waals surface area contributed by atoms with Gasteiger partial charge >= 0.3 is 0 Å². The van der Waals surface area contributed by atoms with Gasteiger partial charge in [0.15, 0.2) is 0 Å². The van der Waals surface area contributed by atoms with Crippen molar-refractivity contribution in [3.05, 3.63) is 0 Å². The minimum absolute atomic E-state index is 0.193. The fourth-order valence-electron chi connectivity index (χ4n) is 3.87. The Bertz CT molecular complexity index is 326. The van der Waals surface area contributed by atoms with E-state index in [-0.39, 0.29) is 5.91 Å². The number of hydrogen-bond acceptors (Lipinski definition) is 3. The molecule has 4 nitrogen and oxygen atoms in total. The summed E-state index contributed by atoms with van der Waals surface area (Å²) in [6, 6.07) is 0.466. The second kappa shape index (κ2) is 6.90. The quantitative estimate of drug-likeness (QED) is 0.812. The number of rotatable bonds is 6. The van der Waals surface area contributed by atoms with E-state index in [0.29, 0.717) is 24.1 Å². The van der Waals surface area contributed by atoms with E-state index < -0.39 is 0 Å². The molecule has 2 unspecified atom stereocenters. The van der Waals surface area contributed by atoms with Gasteiger partial charge in [0.2, 0.25) is 5.91 Å². The Hall–Kier alpha value is -0.610. The Labute approximate surface area is 123 Å². The molecule has 0 saturated heterocycles. The van der Waals surface area contributed by atoms with E-state index in [0.717, 1.165) is 19.6 Å². The molecule has 2 aliphatic carbocycles. The van der Waals surface area contributed by atoms with Crippen LogP contribution in [0.5, 0.6) is 0 Å². The summed E-state index contributed by atoms with van der Waals surface area (Å²) in [6.45, 7) is 6.14. The molecule has 116 valence electrons. The minimum Gasteiger partial charge on any atom is -0.378 e. The van der Waals surface area contributed by atoms with Crippen LogP contribution in [0.4, 0.5) is 0 Å². The fourth-order valence-corrected chi connectivity index (χ4v) is 3.87. The topological polar surface area (TPSA) is 41.6 Å². The van der Waals surface area contributed by atoms with Crippen LogP contribution in [0.15, 0.2) is 0 Å². The molecule has 2 rings (SSSR count). The molecule has 0 aromatic carbocycles. The van der Waals surface area contributed by atoms with Gasteiger partial charge in [-0.25, -0.2) is 0 Å². The largest absolute Gasteiger partial charge is 0.378 e. The summed E-state index contributed by atoms with van der Waals surface area (Å²) in [6.07, 6.45) is 7.96. The maximum atomic E-state index is 11.9. The molecule has 2 saturated carbocycles. The zero-order valence-corrected chi connectivity index (χ0v) is 13.3. The van der Waals surface area contributed by atoms with Crippen molar-refractivity contribution in [2.24, 2.45) is 5.41 Å². The van der Waals surface area contributed by atoms with Crippen LogP contribution < -0.4 is 5.32 Å². The average Bonchev–Trinajstić information content (AvgIpc) is 2.49. The van der Waals surface area contributed by atoms with Crippen LogP contribution in [-0.4, -0.2) is 49.7 Å². The summed E-state index contributed by atoms with van der Waals surface area (Å²) in [5.41, 5.74) is 0.305. The molecule has 0 aromatic rings. The summed E-state index contributed by atoms with van der Waals surface area (Å²) in [5.74, 6) is 0.193. The maximum absolute atomic E-state index is 11.9. The smallest absolute Gasteiger partial charge is 0.236 e. The normalized spacial score (nSPS) is 28.1. The van der Waals surface area contributed by atoms with Crippen LogP contribution in [0.2, 0.25) is 0 Å². The highest BCUT2D eigenvalue weighted by molar-refractivity contribution is 5.77. The van der Waals surface area contributed by atoms with Gasteiger partial charge in [0.05, 0.1) is 12.6 Å². The molecular weight excluding hydrogens is 252 g/mol. The van der Waals surface area contributed by atoms with E-state index in [4.69, 9.17) is 4.74 Å². The zero-order valence-electron chi connectivity index (χ0n) is 13.3. The summed E-state index contributed by atoms with van der Waals surface area (Å²) in [4.78, 5) is 13.7. The zero-order chi connectivity index (χ0) is 14.6. The average molecular weight is 282 g/mol. The summed E-state index contributed by atoms with van der Waals surface area (Å²) < 4.78 is 5.94. The van der Waals surface area contributed by atoms with Gasteiger partial charge in [-0.15, -0.1) is 0 Å². The molecule has 0 radical (unpaired) electrons. The third-order valence-electron chi connectivity index (χ3n) is 5.34. The van der Waals surface area contributed by atoms with E-state index in [9.17, 15) is 4.79 Å². The van der Waals surface area contributed by atoms with Crippen LogP contribution in [-0.2, 0) is 9.53 Å². The third kappa shape index (κ3) is 3.01. The van der Waals surface area contributed by atoms with Gasteiger partial charge in [-0.2, -0.15) is 0 Å². The van der Waals surface area contributed by atoms with Crippen molar-refractivity contribution in [2.45, 2.75) is 64.5 Å². The second-order valence-corrected chi connectivity index (χ2v) is 6.31. The number of carbonyl (C=O) groups is 1. The Balaban J connectivity index is 1.89. The molecule has 2 fully saturated rings. The van der Waals surface area contributed by atoms with Crippen LogP contribution in [0.3, 0.4) is 0 Å². The van der Waals surface area contributed by atoms with Gasteiger partial charge in [-0.3, -0.25) is 4.79 Å². The van der Waals surface area contributed by atoms with Crippen molar-refractivity contribution in [3.8, 4) is 0 Å². The van der Waals surface area contributed by atoms with Gasteiger partial charge in [0, 0.05) is 31.7 Å². The fraction of sp³-hybridized carbons (Fsp3) is 0.938. The molecular formula is C16H30N2O2. The molecule has 4 heteroatoms. The first kappa shape index (κ1) is 15.8. The van der Waals surface area contributed by atoms with Gasteiger partial charge < -0.3 is 15.0 Å². The van der Waals surface area contributed by atoms with Gasteiger partial charge in [0.25, 0.3) is 0 Å². The van der Waals surface area contributed by atoms with E-state index in [1.807, 2.05) is 14.0 Å². The number of carbonyl (C=O) groups excluding carboxylic acids is 1. The second-order valence-electron chi connectivity index (χ2n) is 6.31. The predicted octanol–water partition coefficient (Wildman–Crippen LogP) is 2.18. The lowest BCUT2D eigenvalue weighted by atomic mass is 9.55. The summed E-state index contributed by atoms with van der Waals surface area (Å²) in [5, 5.41) is 3.51. The van der Waals surface area contributed by atoms with Crippen LogP contribution in [0.1, 0.15) is 52.4 Å². The lowest BCUT2D eigenvalue weighted by molar-refractivity contribution is -0.152. The van der Waals surface area contributed by atoms with Crippen molar-refractivity contribution in [1.29, 1.82) is 0 Å². The standard InChI is InChI=1S/C16H30N2O2/c1-4-18(3)15(19)12-17-13-11-14(20-5-2)16(13)9-7-6-8-10-16/h13-14,17H,4-12H2,1-3H3. The lowest BCUT2D eigenvalue weighted by Gasteiger charge is -2.58. The lowest BCUT2D eigenvalue weighted by Crippen LogP contribution is -2.65. The van der Waals surface area contributed by atoms with Gasteiger partial charge in [-0.05, 0) is 33.1 Å². The van der Waals surface area contributed by atoms with Crippen molar-refractivity contribution in [3.63, 3.8) is 0 Å². The first-order valence-electron chi connectivity index (χ1n) is 8.23. The molecule has 20 heavy (non-hydrogen) atoms. The SMILES string of the molecule is CCOC1CC(NCC(=O)N(C)CC)C12CCCCC2. The molecule has 2 aliphatic rings. The van der Waals surface area contributed by atoms with E-state index >= 15 is 0 Å². The number of nitrogens with zero attached hydrogens (tertiary/aromatic N) is 1. The van der Waals surface area contributed by atoms with Gasteiger partial charge in [0.1, 0.15) is 0 Å². The number of nitrogens with one attached hydrogen (secondary N) is 1. The number of likely N-dealkylation sites (N-methyl/N-ethyl adjacent to an activating group) is 1. The minimum atomic E-state index is 0.193. The first-order valence-corrected chi connectivity index (χ1v) is 8.23. The Morgan fingerprint density at radius 1 is 1.30 bits per heavy atom. The van der Waals surface area contributed by atoms with E-state index in [1.165, 1.54) is 32.1 Å². The Kier molecular flexibility index (Phi) is 5.44. The van der Waals surface area contributed by atoms with Crippen LogP contribution in [0, 0.1) is 5.41 Å². The van der Waals surface area contributed by atoms with Crippen molar-refractivity contribution >= 4 is 5.91 Å². The Morgan fingerprint density at radius 2 is 2.00 bits per heavy atom. The molecule has 1 N–H and O–H groups in total. The van der Waals surface area contributed by atoms with Crippen molar-refractivity contribution in [1.82, 2.24) is 10.2 Å². The highest BCUT2D eigenvalue weighted by atomic mass is 16.5. The molecule has 1 amide bonds. The number of ether oxygens (including phenoxy) is 1. The van der Waals surface area contributed by atoms with E-state index in [2.05, 4.69) is 12.2 Å². The molecule has 1 spiro atoms.